The third kappa shape index (κ3) is 3.49. The lowest BCUT2D eigenvalue weighted by molar-refractivity contribution is -0.132. The zero-order valence-electron chi connectivity index (χ0n) is 14.2. The van der Waals surface area contributed by atoms with Crippen molar-refractivity contribution in [3.05, 3.63) is 35.9 Å². The molecule has 6 heteroatoms. The predicted octanol–water partition coefficient (Wildman–Crippen LogP) is 2.21. The van der Waals surface area contributed by atoms with Crippen LogP contribution >= 0.6 is 0 Å². The van der Waals surface area contributed by atoms with Crippen molar-refractivity contribution >= 4 is 15.9 Å². The van der Waals surface area contributed by atoms with Gasteiger partial charge in [-0.3, -0.25) is 4.79 Å². The van der Waals surface area contributed by atoms with Crippen LogP contribution in [0.2, 0.25) is 0 Å². The quantitative estimate of drug-likeness (QED) is 0.818. The van der Waals surface area contributed by atoms with E-state index in [-0.39, 0.29) is 24.2 Å². The normalized spacial score (nSPS) is 25.0. The Morgan fingerprint density at radius 1 is 1.21 bits per heavy atom. The van der Waals surface area contributed by atoms with Crippen LogP contribution in [0.1, 0.15) is 44.1 Å². The van der Waals surface area contributed by atoms with Gasteiger partial charge in [0.2, 0.25) is 15.9 Å². The molecule has 0 radical (unpaired) electrons. The first-order chi connectivity index (χ1) is 11.5. The van der Waals surface area contributed by atoms with Crippen molar-refractivity contribution < 1.29 is 13.2 Å². The maximum atomic E-state index is 12.8. The molecule has 0 aliphatic carbocycles. The summed E-state index contributed by atoms with van der Waals surface area (Å²) in [5, 5.41) is 0. The van der Waals surface area contributed by atoms with Gasteiger partial charge < -0.3 is 4.90 Å². The number of hydrogen-bond acceptors (Lipinski definition) is 3. The van der Waals surface area contributed by atoms with Gasteiger partial charge in [0.15, 0.2) is 0 Å². The molecule has 0 spiro atoms. The molecule has 1 aromatic carbocycles. The Labute approximate surface area is 144 Å². The summed E-state index contributed by atoms with van der Waals surface area (Å²) >= 11 is 0. The Morgan fingerprint density at radius 3 is 2.58 bits per heavy atom. The van der Waals surface area contributed by atoms with Gasteiger partial charge in [0.25, 0.3) is 0 Å². The Kier molecular flexibility index (Phi) is 5.25. The molecule has 2 heterocycles. The molecule has 1 amide bonds. The first-order valence-electron chi connectivity index (χ1n) is 8.85. The molecule has 132 valence electrons. The summed E-state index contributed by atoms with van der Waals surface area (Å²) in [6.07, 6.45) is 3.58. The molecule has 1 aromatic rings. The first-order valence-corrected chi connectivity index (χ1v) is 10.5. The Hall–Kier alpha value is -1.40. The van der Waals surface area contributed by atoms with Gasteiger partial charge in [-0.2, -0.15) is 4.31 Å². The van der Waals surface area contributed by atoms with Crippen LogP contribution in [0.4, 0.5) is 0 Å². The van der Waals surface area contributed by atoms with Crippen LogP contribution < -0.4 is 0 Å². The van der Waals surface area contributed by atoms with Gasteiger partial charge in [-0.05, 0) is 31.2 Å². The fraction of sp³-hybridized carbons (Fsp3) is 0.611. The van der Waals surface area contributed by atoms with Crippen LogP contribution in [-0.4, -0.2) is 55.0 Å². The second kappa shape index (κ2) is 7.23. The van der Waals surface area contributed by atoms with E-state index in [4.69, 9.17) is 0 Å². The van der Waals surface area contributed by atoms with Crippen molar-refractivity contribution in [1.82, 2.24) is 9.21 Å². The molecule has 3 rings (SSSR count). The van der Waals surface area contributed by atoms with E-state index in [9.17, 15) is 13.2 Å². The highest BCUT2D eigenvalue weighted by Crippen LogP contribution is 2.33. The van der Waals surface area contributed by atoms with E-state index in [0.29, 0.717) is 18.9 Å². The number of benzene rings is 1. The molecule has 0 saturated carbocycles. The SMILES string of the molecule is CC[C@H](c1ccccc1)[C@@H]1CCCN1C(=O)CN1CCCS1(=O)=O. The minimum Gasteiger partial charge on any atom is -0.338 e. The minimum atomic E-state index is -3.22. The van der Waals surface area contributed by atoms with E-state index >= 15 is 0 Å². The largest absolute Gasteiger partial charge is 0.338 e. The fourth-order valence-electron chi connectivity index (χ4n) is 4.06. The first kappa shape index (κ1) is 17.4. The Morgan fingerprint density at radius 2 is 1.96 bits per heavy atom. The van der Waals surface area contributed by atoms with E-state index in [0.717, 1.165) is 25.8 Å². The maximum absolute atomic E-state index is 12.8. The van der Waals surface area contributed by atoms with Crippen molar-refractivity contribution in [1.29, 1.82) is 0 Å². The topological polar surface area (TPSA) is 57.7 Å². The van der Waals surface area contributed by atoms with Gasteiger partial charge in [-0.1, -0.05) is 37.3 Å². The molecule has 0 bridgehead atoms. The van der Waals surface area contributed by atoms with Gasteiger partial charge in [0, 0.05) is 25.0 Å². The number of rotatable bonds is 5. The van der Waals surface area contributed by atoms with Crippen molar-refractivity contribution in [2.24, 2.45) is 0 Å². The molecule has 2 aliphatic rings. The zero-order chi connectivity index (χ0) is 17.2. The van der Waals surface area contributed by atoms with E-state index < -0.39 is 10.0 Å². The minimum absolute atomic E-state index is 0.00403. The summed E-state index contributed by atoms with van der Waals surface area (Å²) in [4.78, 5) is 14.7. The van der Waals surface area contributed by atoms with Gasteiger partial charge in [-0.15, -0.1) is 0 Å². The maximum Gasteiger partial charge on any atom is 0.238 e. The number of likely N-dealkylation sites (tertiary alicyclic amines) is 1. The third-order valence-electron chi connectivity index (χ3n) is 5.27. The molecule has 2 aliphatic heterocycles. The van der Waals surface area contributed by atoms with Crippen LogP contribution in [0.5, 0.6) is 0 Å². The molecule has 5 nitrogen and oxygen atoms in total. The molecule has 2 atom stereocenters. The summed E-state index contributed by atoms with van der Waals surface area (Å²) in [7, 11) is -3.22. The lowest BCUT2D eigenvalue weighted by Gasteiger charge is -2.32. The standard InChI is InChI=1S/C18H26N2O3S/c1-2-16(15-8-4-3-5-9-15)17-10-6-12-20(17)18(21)14-19-11-7-13-24(19,22)23/h3-5,8-9,16-17H,2,6-7,10-14H2,1H3/t16-,17+/m1/s1. The Balaban J connectivity index is 1.74. The van der Waals surface area contributed by atoms with Crippen LogP contribution in [0, 0.1) is 0 Å². The molecule has 24 heavy (non-hydrogen) atoms. The average Bonchev–Trinajstić information content (AvgIpc) is 3.16. The molecule has 0 unspecified atom stereocenters. The summed E-state index contributed by atoms with van der Waals surface area (Å²) in [6.45, 7) is 3.37. The molecule has 2 fully saturated rings. The lowest BCUT2D eigenvalue weighted by Crippen LogP contribution is -2.45. The van der Waals surface area contributed by atoms with E-state index in [1.807, 2.05) is 23.1 Å². The van der Waals surface area contributed by atoms with E-state index in [1.165, 1.54) is 9.87 Å². The number of nitrogens with zero attached hydrogens (tertiary/aromatic N) is 2. The van der Waals surface area contributed by atoms with Crippen molar-refractivity contribution in [3.8, 4) is 0 Å². The van der Waals surface area contributed by atoms with Crippen LogP contribution in [0.25, 0.3) is 0 Å². The van der Waals surface area contributed by atoms with Gasteiger partial charge in [0.05, 0.1) is 12.3 Å². The van der Waals surface area contributed by atoms with Crippen molar-refractivity contribution in [2.45, 2.75) is 44.6 Å². The van der Waals surface area contributed by atoms with Gasteiger partial charge >= 0.3 is 0 Å². The van der Waals surface area contributed by atoms with Crippen LogP contribution in [0.3, 0.4) is 0 Å². The molecular weight excluding hydrogens is 324 g/mol. The summed E-state index contributed by atoms with van der Waals surface area (Å²) in [6, 6.07) is 10.5. The average molecular weight is 350 g/mol. The number of carbonyl (C=O) groups excluding carboxylic acids is 1. The molecular formula is C18H26N2O3S. The predicted molar refractivity (Wildman–Crippen MR) is 94.2 cm³/mol. The number of hydrogen-bond donors (Lipinski definition) is 0. The van der Waals surface area contributed by atoms with Crippen molar-refractivity contribution in [2.75, 3.05) is 25.4 Å². The highest BCUT2D eigenvalue weighted by molar-refractivity contribution is 7.89. The van der Waals surface area contributed by atoms with E-state index in [1.54, 1.807) is 0 Å². The number of sulfonamides is 1. The third-order valence-corrected chi connectivity index (χ3v) is 7.17. The second-order valence-corrected chi connectivity index (χ2v) is 8.81. The summed E-state index contributed by atoms with van der Waals surface area (Å²) < 4.78 is 25.3. The smallest absolute Gasteiger partial charge is 0.238 e. The molecule has 2 saturated heterocycles. The number of amides is 1. The summed E-state index contributed by atoms with van der Waals surface area (Å²) in [5.41, 5.74) is 1.26. The monoisotopic (exact) mass is 350 g/mol. The second-order valence-electron chi connectivity index (χ2n) is 6.73. The summed E-state index contributed by atoms with van der Waals surface area (Å²) in [5.74, 6) is 0.441. The van der Waals surface area contributed by atoms with Gasteiger partial charge in [-0.25, -0.2) is 8.42 Å². The molecule has 0 aromatic heterocycles. The highest BCUT2D eigenvalue weighted by Gasteiger charge is 2.37. The highest BCUT2D eigenvalue weighted by atomic mass is 32.2. The van der Waals surface area contributed by atoms with Crippen molar-refractivity contribution in [3.63, 3.8) is 0 Å². The van der Waals surface area contributed by atoms with Crippen LogP contribution in [-0.2, 0) is 14.8 Å². The Bertz CT molecular complexity index is 675. The lowest BCUT2D eigenvalue weighted by atomic mass is 9.87. The van der Waals surface area contributed by atoms with E-state index in [2.05, 4.69) is 19.1 Å². The number of carbonyl (C=O) groups is 1. The zero-order valence-corrected chi connectivity index (χ0v) is 15.0. The molecule has 0 N–H and O–H groups in total. The van der Waals surface area contributed by atoms with Crippen LogP contribution in [0.15, 0.2) is 30.3 Å². The van der Waals surface area contributed by atoms with Gasteiger partial charge in [0.1, 0.15) is 0 Å². The fourth-order valence-corrected chi connectivity index (χ4v) is 5.53.